The number of hydrogen-bond acceptors (Lipinski definition) is 5. The van der Waals surface area contributed by atoms with Gasteiger partial charge in [-0.2, -0.15) is 0 Å². The van der Waals surface area contributed by atoms with Gasteiger partial charge in [0.2, 0.25) is 5.89 Å². The van der Waals surface area contributed by atoms with E-state index in [1.807, 2.05) is 28.8 Å². The van der Waals surface area contributed by atoms with Gasteiger partial charge in [-0.05, 0) is 29.9 Å². The molecular formula is C27H34N4O4. The van der Waals surface area contributed by atoms with Gasteiger partial charge in [0.05, 0.1) is 12.5 Å². The van der Waals surface area contributed by atoms with Crippen LogP contribution < -0.4 is 5.32 Å². The summed E-state index contributed by atoms with van der Waals surface area (Å²) in [7, 11) is 0. The zero-order valence-corrected chi connectivity index (χ0v) is 20.1. The standard InChI is InChI=1S/C27H34N4O4/c32-25(33)14-13-21-11-4-5-12-22(21)17-31-19-28-16-24(31)27-30-23(18-35-27)26(34)29-15-7-6-10-20-8-2-1-3-9-20/h4-5,11-12,16,18-20H,1-3,6-10,13-15,17H2,(H,29,34)(H,32,33). The molecule has 1 aliphatic rings. The minimum absolute atomic E-state index is 0.0760. The molecule has 1 aromatic carbocycles. The van der Waals surface area contributed by atoms with E-state index in [-0.39, 0.29) is 18.0 Å². The smallest absolute Gasteiger partial charge is 0.303 e. The van der Waals surface area contributed by atoms with Crippen LogP contribution >= 0.6 is 0 Å². The fraction of sp³-hybridized carbons (Fsp3) is 0.481. The van der Waals surface area contributed by atoms with Crippen LogP contribution in [0.15, 0.2) is 47.5 Å². The van der Waals surface area contributed by atoms with Crippen molar-refractivity contribution < 1.29 is 19.1 Å². The number of rotatable bonds is 12. The topological polar surface area (TPSA) is 110 Å². The van der Waals surface area contributed by atoms with Gasteiger partial charge in [-0.1, -0.05) is 69.2 Å². The predicted octanol–water partition coefficient (Wildman–Crippen LogP) is 5.08. The summed E-state index contributed by atoms with van der Waals surface area (Å²) >= 11 is 0. The lowest BCUT2D eigenvalue weighted by atomic mass is 9.86. The van der Waals surface area contributed by atoms with E-state index >= 15 is 0 Å². The Bertz CT molecular complexity index is 1110. The molecule has 1 saturated carbocycles. The van der Waals surface area contributed by atoms with Crippen LogP contribution in [0.1, 0.15) is 79.4 Å². The second-order valence-corrected chi connectivity index (χ2v) is 9.36. The SMILES string of the molecule is O=C(O)CCc1ccccc1Cn1cncc1-c1nc(C(=O)NCCCCC2CCCCC2)co1. The Morgan fingerprint density at radius 1 is 1.11 bits per heavy atom. The largest absolute Gasteiger partial charge is 0.481 e. The van der Waals surface area contributed by atoms with Crippen molar-refractivity contribution in [2.45, 2.75) is 70.8 Å². The van der Waals surface area contributed by atoms with E-state index in [1.165, 1.54) is 44.8 Å². The molecule has 0 atom stereocenters. The number of aliphatic carboxylic acids is 1. The molecule has 186 valence electrons. The number of carboxylic acid groups (broad SMARTS) is 1. The van der Waals surface area contributed by atoms with Crippen LogP contribution in [0.3, 0.4) is 0 Å². The Morgan fingerprint density at radius 3 is 2.71 bits per heavy atom. The highest BCUT2D eigenvalue weighted by molar-refractivity contribution is 5.92. The van der Waals surface area contributed by atoms with E-state index in [2.05, 4.69) is 15.3 Å². The molecule has 0 spiro atoms. The van der Waals surface area contributed by atoms with Gasteiger partial charge >= 0.3 is 5.97 Å². The Kier molecular flexibility index (Phi) is 8.70. The maximum atomic E-state index is 12.5. The highest BCUT2D eigenvalue weighted by Gasteiger charge is 2.17. The van der Waals surface area contributed by atoms with Crippen LogP contribution in [0.25, 0.3) is 11.6 Å². The van der Waals surface area contributed by atoms with Crippen LogP contribution in [0, 0.1) is 5.92 Å². The molecule has 0 radical (unpaired) electrons. The third-order valence-electron chi connectivity index (χ3n) is 6.78. The lowest BCUT2D eigenvalue weighted by Crippen LogP contribution is -2.24. The molecule has 2 N–H and O–H groups in total. The third-order valence-corrected chi connectivity index (χ3v) is 6.78. The Labute approximate surface area is 205 Å². The molecule has 8 nitrogen and oxygen atoms in total. The monoisotopic (exact) mass is 478 g/mol. The van der Waals surface area contributed by atoms with Crippen molar-refractivity contribution in [2.75, 3.05) is 6.54 Å². The number of nitrogens with zero attached hydrogens (tertiary/aromatic N) is 3. The Hall–Kier alpha value is -3.42. The summed E-state index contributed by atoms with van der Waals surface area (Å²) in [6, 6.07) is 7.75. The molecule has 0 saturated heterocycles. The second kappa shape index (κ2) is 12.3. The molecule has 35 heavy (non-hydrogen) atoms. The molecule has 0 unspecified atom stereocenters. The maximum absolute atomic E-state index is 12.5. The fourth-order valence-electron chi connectivity index (χ4n) is 4.83. The molecule has 1 aliphatic carbocycles. The molecule has 3 aromatic rings. The van der Waals surface area contributed by atoms with Crippen molar-refractivity contribution in [3.63, 3.8) is 0 Å². The summed E-state index contributed by atoms with van der Waals surface area (Å²) in [5, 5.41) is 12.0. The first-order valence-corrected chi connectivity index (χ1v) is 12.6. The van der Waals surface area contributed by atoms with E-state index in [0.717, 1.165) is 29.9 Å². The summed E-state index contributed by atoms with van der Waals surface area (Å²) in [5.41, 5.74) is 2.89. The summed E-state index contributed by atoms with van der Waals surface area (Å²) in [4.78, 5) is 32.2. The van der Waals surface area contributed by atoms with Crippen LogP contribution in [-0.2, 0) is 17.8 Å². The fourth-order valence-corrected chi connectivity index (χ4v) is 4.83. The third kappa shape index (κ3) is 7.04. The zero-order chi connectivity index (χ0) is 24.5. The number of unbranched alkanes of at least 4 members (excludes halogenated alkanes) is 1. The number of carbonyl (C=O) groups excluding carboxylic acids is 1. The number of oxazole rings is 1. The average molecular weight is 479 g/mol. The summed E-state index contributed by atoms with van der Waals surface area (Å²) in [6.45, 7) is 1.13. The van der Waals surface area contributed by atoms with E-state index in [4.69, 9.17) is 9.52 Å². The minimum Gasteiger partial charge on any atom is -0.481 e. The van der Waals surface area contributed by atoms with Crippen molar-refractivity contribution in [1.29, 1.82) is 0 Å². The number of aryl methyl sites for hydroxylation is 1. The van der Waals surface area contributed by atoms with Crippen molar-refractivity contribution >= 4 is 11.9 Å². The Morgan fingerprint density at radius 2 is 1.91 bits per heavy atom. The highest BCUT2D eigenvalue weighted by Crippen LogP contribution is 2.27. The van der Waals surface area contributed by atoms with Gasteiger partial charge in [0.1, 0.15) is 12.0 Å². The van der Waals surface area contributed by atoms with Gasteiger partial charge in [-0.15, -0.1) is 0 Å². The predicted molar refractivity (Wildman–Crippen MR) is 132 cm³/mol. The van der Waals surface area contributed by atoms with Crippen LogP contribution in [0.4, 0.5) is 0 Å². The quantitative estimate of drug-likeness (QED) is 0.351. The Balaban J connectivity index is 1.31. The van der Waals surface area contributed by atoms with Gasteiger partial charge in [0.15, 0.2) is 5.69 Å². The van der Waals surface area contributed by atoms with Crippen molar-refractivity contribution in [3.8, 4) is 11.6 Å². The van der Waals surface area contributed by atoms with Gasteiger partial charge in [0.25, 0.3) is 5.91 Å². The molecule has 0 bridgehead atoms. The van der Waals surface area contributed by atoms with E-state index < -0.39 is 5.97 Å². The van der Waals surface area contributed by atoms with E-state index in [9.17, 15) is 9.59 Å². The number of aromatic nitrogens is 3. The zero-order valence-electron chi connectivity index (χ0n) is 20.1. The number of hydrogen-bond donors (Lipinski definition) is 2. The molecule has 4 rings (SSSR count). The highest BCUT2D eigenvalue weighted by atomic mass is 16.4. The second-order valence-electron chi connectivity index (χ2n) is 9.36. The first-order valence-electron chi connectivity index (χ1n) is 12.6. The molecule has 2 aromatic heterocycles. The van der Waals surface area contributed by atoms with Gasteiger partial charge in [-0.3, -0.25) is 9.59 Å². The van der Waals surface area contributed by atoms with Crippen LogP contribution in [0.2, 0.25) is 0 Å². The molecular weight excluding hydrogens is 444 g/mol. The normalized spacial score (nSPS) is 14.2. The molecule has 1 fully saturated rings. The number of carboxylic acids is 1. The van der Waals surface area contributed by atoms with Crippen LogP contribution in [0.5, 0.6) is 0 Å². The van der Waals surface area contributed by atoms with Crippen molar-refractivity contribution in [3.05, 3.63) is 59.9 Å². The number of amides is 1. The lowest BCUT2D eigenvalue weighted by molar-refractivity contribution is -0.136. The van der Waals surface area contributed by atoms with Crippen LogP contribution in [-0.4, -0.2) is 38.1 Å². The lowest BCUT2D eigenvalue weighted by Gasteiger charge is -2.21. The summed E-state index contributed by atoms with van der Waals surface area (Å²) in [5.74, 6) is 0.139. The summed E-state index contributed by atoms with van der Waals surface area (Å²) < 4.78 is 7.50. The summed E-state index contributed by atoms with van der Waals surface area (Å²) in [6.07, 6.45) is 15.5. The van der Waals surface area contributed by atoms with Gasteiger partial charge in [-0.25, -0.2) is 9.97 Å². The first kappa shape index (κ1) is 24.7. The van der Waals surface area contributed by atoms with E-state index in [1.54, 1.807) is 12.5 Å². The molecule has 0 aliphatic heterocycles. The average Bonchev–Trinajstić information content (AvgIpc) is 3.53. The van der Waals surface area contributed by atoms with Crippen molar-refractivity contribution in [2.24, 2.45) is 5.92 Å². The minimum atomic E-state index is -0.821. The molecule has 1 amide bonds. The number of carbonyl (C=O) groups is 2. The first-order chi connectivity index (χ1) is 17.1. The van der Waals surface area contributed by atoms with Crippen molar-refractivity contribution in [1.82, 2.24) is 19.9 Å². The molecule has 8 heteroatoms. The number of imidazole rings is 1. The van der Waals surface area contributed by atoms with E-state index in [0.29, 0.717) is 31.1 Å². The maximum Gasteiger partial charge on any atom is 0.303 e. The van der Waals surface area contributed by atoms with Gasteiger partial charge < -0.3 is 19.4 Å². The number of nitrogens with one attached hydrogen (secondary N) is 1. The molecule has 2 heterocycles. The number of benzene rings is 1. The van der Waals surface area contributed by atoms with Gasteiger partial charge in [0, 0.05) is 19.5 Å².